The van der Waals surface area contributed by atoms with Gasteiger partial charge in [-0.15, -0.1) is 0 Å². The summed E-state index contributed by atoms with van der Waals surface area (Å²) in [6.07, 6.45) is 0.699. The number of carbonyl (C=O) groups excluding carboxylic acids is 1. The molecule has 7 nitrogen and oxygen atoms in total. The molecule has 5 N–H and O–H groups in total. The molecule has 0 radical (unpaired) electrons. The molecule has 7 heteroatoms. The highest BCUT2D eigenvalue weighted by Gasteiger charge is 2.25. The molecule has 3 aromatic carbocycles. The van der Waals surface area contributed by atoms with Crippen molar-refractivity contribution >= 4 is 23.0 Å². The van der Waals surface area contributed by atoms with Gasteiger partial charge in [-0.2, -0.15) is 0 Å². The number of benzene rings is 2. The molecule has 0 unspecified atom stereocenters. The second-order valence-electron chi connectivity index (χ2n) is 6.12. The lowest BCUT2D eigenvalue weighted by Gasteiger charge is -2.22. The summed E-state index contributed by atoms with van der Waals surface area (Å²) in [6.45, 7) is 1.96. The van der Waals surface area contributed by atoms with Crippen LogP contribution in [0.25, 0.3) is 0 Å². The fourth-order valence-corrected chi connectivity index (χ4v) is 2.91. The Kier molecular flexibility index (Phi) is 4.94. The van der Waals surface area contributed by atoms with E-state index in [0.717, 1.165) is 5.56 Å². The summed E-state index contributed by atoms with van der Waals surface area (Å²) in [5.74, 6) is -1.17. The van der Waals surface area contributed by atoms with Gasteiger partial charge in [-0.05, 0) is 24.1 Å². The smallest absolute Gasteiger partial charge is 0.253 e. The number of rotatable bonds is 7. The molecule has 138 valence electrons. The Hall–Kier alpha value is -3.61. The average Bonchev–Trinajstić information content (AvgIpc) is 2.68. The van der Waals surface area contributed by atoms with Crippen LogP contribution in [0.1, 0.15) is 35.3 Å². The summed E-state index contributed by atoms with van der Waals surface area (Å²) in [5.41, 5.74) is 5.12. The third kappa shape index (κ3) is 3.39. The first-order valence-electron chi connectivity index (χ1n) is 8.47. The molecule has 0 aliphatic heterocycles. The number of anilines is 3. The van der Waals surface area contributed by atoms with Gasteiger partial charge in [0.25, 0.3) is 16.8 Å². The molecule has 3 aromatic rings. The number of para-hydroxylation sites is 1. The van der Waals surface area contributed by atoms with E-state index in [1.54, 1.807) is 0 Å². The lowest BCUT2D eigenvalue weighted by atomic mass is 10.0. The van der Waals surface area contributed by atoms with Crippen LogP contribution >= 0.6 is 0 Å². The van der Waals surface area contributed by atoms with Gasteiger partial charge < -0.3 is 21.5 Å². The number of aromatic hydroxyl groups is 1. The van der Waals surface area contributed by atoms with Gasteiger partial charge in [0.15, 0.2) is 5.75 Å². The van der Waals surface area contributed by atoms with Gasteiger partial charge in [-0.3, -0.25) is 14.4 Å². The fourth-order valence-electron chi connectivity index (χ4n) is 2.91. The van der Waals surface area contributed by atoms with Crippen molar-refractivity contribution in [2.45, 2.75) is 19.4 Å². The molecule has 0 aliphatic rings. The van der Waals surface area contributed by atoms with Crippen LogP contribution in [0.5, 0.6) is 5.75 Å². The summed E-state index contributed by atoms with van der Waals surface area (Å²) < 4.78 is 0. The lowest BCUT2D eigenvalue weighted by Crippen LogP contribution is -2.37. The van der Waals surface area contributed by atoms with Gasteiger partial charge in [0.2, 0.25) is 0 Å². The highest BCUT2D eigenvalue weighted by molar-refractivity contribution is 5.98. The van der Waals surface area contributed by atoms with Crippen LogP contribution in [0.4, 0.5) is 17.1 Å². The fraction of sp³-hybridized carbons (Fsp3) is 0.150. The Morgan fingerprint density at radius 2 is 1.70 bits per heavy atom. The molecule has 0 saturated heterocycles. The minimum absolute atomic E-state index is 0.0475. The Labute approximate surface area is 155 Å². The van der Waals surface area contributed by atoms with E-state index in [4.69, 9.17) is 5.73 Å². The maximum atomic E-state index is 12.1. The molecule has 0 aromatic heterocycles. The van der Waals surface area contributed by atoms with Crippen molar-refractivity contribution < 1.29 is 9.90 Å². The van der Waals surface area contributed by atoms with Crippen LogP contribution < -0.4 is 27.2 Å². The van der Waals surface area contributed by atoms with Crippen molar-refractivity contribution in [1.82, 2.24) is 0 Å². The number of amides is 1. The van der Waals surface area contributed by atoms with Crippen molar-refractivity contribution in [2.24, 2.45) is 5.73 Å². The summed E-state index contributed by atoms with van der Waals surface area (Å²) in [6, 6.07) is 13.8. The zero-order valence-corrected chi connectivity index (χ0v) is 14.7. The molecule has 0 aliphatic carbocycles. The molecule has 3 rings (SSSR count). The Morgan fingerprint density at radius 1 is 1.04 bits per heavy atom. The minimum atomic E-state index is -0.797. The van der Waals surface area contributed by atoms with E-state index in [1.807, 2.05) is 37.3 Å². The topological polar surface area (TPSA) is 122 Å². The first kappa shape index (κ1) is 18.2. The van der Waals surface area contributed by atoms with Crippen molar-refractivity contribution in [3.05, 3.63) is 80.1 Å². The SMILES string of the molecule is CC[C@@H](Nc1c(Nc2cccc(C(N)=O)c2O)c(=O)c1=O)c1ccccc1. The van der Waals surface area contributed by atoms with Crippen LogP contribution in [-0.4, -0.2) is 11.0 Å². The Morgan fingerprint density at radius 3 is 2.33 bits per heavy atom. The van der Waals surface area contributed by atoms with E-state index in [1.165, 1.54) is 18.2 Å². The summed E-state index contributed by atoms with van der Waals surface area (Å²) in [4.78, 5) is 35.4. The van der Waals surface area contributed by atoms with Crippen molar-refractivity contribution in [3.63, 3.8) is 0 Å². The number of primary amides is 1. The molecule has 1 atom stereocenters. The normalized spacial score (nSPS) is 11.9. The maximum absolute atomic E-state index is 12.1. The number of carbonyl (C=O) groups is 1. The van der Waals surface area contributed by atoms with E-state index in [0.29, 0.717) is 6.42 Å². The minimum Gasteiger partial charge on any atom is -0.505 e. The monoisotopic (exact) mass is 365 g/mol. The standard InChI is InChI=1S/C20H19N3O4/c1-2-13(11-7-4-3-5-8-11)22-15-16(19(26)18(15)25)23-14-10-6-9-12(17(14)24)20(21)27/h3-10,13,22-24H,2H2,1H3,(H2,21,27)/t13-/m1/s1. The van der Waals surface area contributed by atoms with E-state index in [2.05, 4.69) is 10.6 Å². The second-order valence-corrected chi connectivity index (χ2v) is 6.12. The first-order chi connectivity index (χ1) is 12.9. The van der Waals surface area contributed by atoms with Crippen LogP contribution in [-0.2, 0) is 0 Å². The highest BCUT2D eigenvalue weighted by Crippen LogP contribution is 2.32. The predicted octanol–water partition coefficient (Wildman–Crippen LogP) is 2.39. The van der Waals surface area contributed by atoms with Crippen molar-refractivity contribution in [3.8, 4) is 5.75 Å². The third-order valence-corrected chi connectivity index (χ3v) is 4.40. The Bertz CT molecular complexity index is 1050. The van der Waals surface area contributed by atoms with Crippen LogP contribution in [0.2, 0.25) is 0 Å². The number of nitrogens with one attached hydrogen (secondary N) is 2. The van der Waals surface area contributed by atoms with Gasteiger partial charge in [-0.25, -0.2) is 0 Å². The van der Waals surface area contributed by atoms with Gasteiger partial charge in [0, 0.05) is 0 Å². The lowest BCUT2D eigenvalue weighted by molar-refractivity contribution is 0.0998. The zero-order chi connectivity index (χ0) is 19.6. The summed E-state index contributed by atoms with van der Waals surface area (Å²) in [5, 5.41) is 16.0. The average molecular weight is 365 g/mol. The summed E-state index contributed by atoms with van der Waals surface area (Å²) >= 11 is 0. The zero-order valence-electron chi connectivity index (χ0n) is 14.7. The van der Waals surface area contributed by atoms with Crippen LogP contribution in [0.3, 0.4) is 0 Å². The molecule has 0 bridgehead atoms. The van der Waals surface area contributed by atoms with Crippen LogP contribution in [0.15, 0.2) is 58.1 Å². The predicted molar refractivity (Wildman–Crippen MR) is 104 cm³/mol. The molecule has 0 spiro atoms. The number of hydrogen-bond acceptors (Lipinski definition) is 6. The second kappa shape index (κ2) is 7.33. The third-order valence-electron chi connectivity index (χ3n) is 4.40. The van der Waals surface area contributed by atoms with E-state index in [9.17, 15) is 19.5 Å². The van der Waals surface area contributed by atoms with Crippen molar-refractivity contribution in [2.75, 3.05) is 10.6 Å². The molecular weight excluding hydrogens is 346 g/mol. The van der Waals surface area contributed by atoms with Gasteiger partial charge in [0.1, 0.15) is 11.4 Å². The quantitative estimate of drug-likeness (QED) is 0.377. The molecular formula is C20H19N3O4. The van der Waals surface area contributed by atoms with E-state index >= 15 is 0 Å². The van der Waals surface area contributed by atoms with Crippen molar-refractivity contribution in [1.29, 1.82) is 0 Å². The highest BCUT2D eigenvalue weighted by atomic mass is 16.3. The number of nitrogens with two attached hydrogens (primary N) is 1. The molecule has 1 amide bonds. The molecule has 0 fully saturated rings. The van der Waals surface area contributed by atoms with E-state index in [-0.39, 0.29) is 34.4 Å². The molecule has 0 saturated carbocycles. The van der Waals surface area contributed by atoms with Gasteiger partial charge in [-0.1, -0.05) is 43.3 Å². The largest absolute Gasteiger partial charge is 0.505 e. The molecule has 27 heavy (non-hydrogen) atoms. The maximum Gasteiger partial charge on any atom is 0.253 e. The Balaban J connectivity index is 1.91. The first-order valence-corrected chi connectivity index (χ1v) is 8.47. The van der Waals surface area contributed by atoms with E-state index < -0.39 is 16.8 Å². The van der Waals surface area contributed by atoms with Gasteiger partial charge in [0.05, 0.1) is 17.3 Å². The number of phenols is 1. The van der Waals surface area contributed by atoms with Crippen LogP contribution in [0, 0.1) is 0 Å². The van der Waals surface area contributed by atoms with Gasteiger partial charge >= 0.3 is 0 Å². The molecule has 0 heterocycles. The summed E-state index contributed by atoms with van der Waals surface area (Å²) in [7, 11) is 0. The number of hydrogen-bond donors (Lipinski definition) is 4.